The van der Waals surface area contributed by atoms with Crippen molar-refractivity contribution in [2.45, 2.75) is 5.02 Å². The maximum atomic E-state index is 9.61. The molecule has 0 saturated carbocycles. The summed E-state index contributed by atoms with van der Waals surface area (Å²) >= 11 is 0.0231. The van der Waals surface area contributed by atoms with Crippen LogP contribution in [-0.2, 0) is 21.4 Å². The molecule has 0 aromatic heterocycles. The van der Waals surface area contributed by atoms with Gasteiger partial charge in [-0.15, -0.1) is 0 Å². The quantitative estimate of drug-likeness (QED) is 0.508. The first kappa shape index (κ1) is 6.52. The Balaban J connectivity index is 2.83. The van der Waals surface area contributed by atoms with Crippen LogP contribution < -0.4 is 0 Å². The van der Waals surface area contributed by atoms with Crippen LogP contribution >= 0.6 is 7.57 Å². The molecule has 6 heavy (non-hydrogen) atoms. The van der Waals surface area contributed by atoms with Crippen LogP contribution in [0.3, 0.4) is 0 Å². The summed E-state index contributed by atoms with van der Waals surface area (Å²) in [5.41, 5.74) is 0. The van der Waals surface area contributed by atoms with E-state index in [1.165, 1.54) is 0 Å². The zero-order valence-corrected chi connectivity index (χ0v) is 5.89. The molecule has 0 bridgehead atoms. The summed E-state index contributed by atoms with van der Waals surface area (Å²) in [7, 11) is 2.43. The van der Waals surface area contributed by atoms with Gasteiger partial charge in [0.25, 0.3) is 0 Å². The minimum atomic E-state index is -0.691. The maximum absolute atomic E-state index is 9.61. The van der Waals surface area contributed by atoms with Gasteiger partial charge in [0.2, 0.25) is 0 Å². The van der Waals surface area contributed by atoms with Crippen LogP contribution in [0.5, 0.6) is 0 Å². The Labute approximate surface area is 45.6 Å². The van der Waals surface area contributed by atoms with Crippen LogP contribution in [0.1, 0.15) is 0 Å². The predicted molar refractivity (Wildman–Crippen MR) is 22.2 cm³/mol. The van der Waals surface area contributed by atoms with Crippen molar-refractivity contribution in [3.05, 3.63) is 0 Å². The third-order valence-electron chi connectivity index (χ3n) is 0.179. The first-order valence-electron chi connectivity index (χ1n) is 1.24. The molecule has 4 heteroatoms. The standard InChI is InChI=1S/C2H3O2.H2P.Ru/c1-2(3)4;;/h1H2,(H,3,4);1H2;/q;-1;+1. The molecule has 1 unspecified atom stereocenters. The Morgan fingerprint density at radius 3 is 2.50 bits per heavy atom. The van der Waals surface area contributed by atoms with Crippen LogP contribution in [0.4, 0.5) is 0 Å². The van der Waals surface area contributed by atoms with Crippen LogP contribution in [0.15, 0.2) is 0 Å². The van der Waals surface area contributed by atoms with Gasteiger partial charge in [0, 0.05) is 0 Å². The monoisotopic (exact) mass is 194 g/mol. The fourth-order valence-corrected chi connectivity index (χ4v) is 1.10. The van der Waals surface area contributed by atoms with Crippen molar-refractivity contribution in [3.63, 3.8) is 0 Å². The van der Waals surface area contributed by atoms with Gasteiger partial charge >= 0.3 is 45.1 Å². The fraction of sp³-hybridized carbons (Fsp3) is 0.500. The van der Waals surface area contributed by atoms with Gasteiger partial charge in [-0.05, 0) is 0 Å². The number of hydrogen-bond acceptors (Lipinski definition) is 1. The van der Waals surface area contributed by atoms with Crippen molar-refractivity contribution in [1.82, 2.24) is 0 Å². The van der Waals surface area contributed by atoms with Crippen molar-refractivity contribution in [3.8, 4) is 0 Å². The molecule has 1 N–H and O–H groups in total. The van der Waals surface area contributed by atoms with E-state index in [1.807, 2.05) is 0 Å². The molecular weight excluding hydrogens is 188 g/mol. The average molecular weight is 193 g/mol. The van der Waals surface area contributed by atoms with Crippen LogP contribution in [0.2, 0.25) is 5.02 Å². The van der Waals surface area contributed by atoms with Crippen molar-refractivity contribution >= 4 is 13.5 Å². The van der Waals surface area contributed by atoms with Gasteiger partial charge in [-0.1, -0.05) is 0 Å². The van der Waals surface area contributed by atoms with E-state index in [0.29, 0.717) is 5.02 Å². The van der Waals surface area contributed by atoms with E-state index >= 15 is 0 Å². The number of carboxylic acids is 1. The fourth-order valence-electron chi connectivity index (χ4n) is 0.0617. The van der Waals surface area contributed by atoms with Gasteiger partial charge in [-0.2, -0.15) is 0 Å². The van der Waals surface area contributed by atoms with E-state index in [-0.39, 0.29) is 16.6 Å². The molecule has 0 fully saturated rings. The molecule has 0 aromatic rings. The summed E-state index contributed by atoms with van der Waals surface area (Å²) in [5.74, 6) is -0.691. The van der Waals surface area contributed by atoms with Crippen molar-refractivity contribution in [2.24, 2.45) is 0 Å². The van der Waals surface area contributed by atoms with Crippen LogP contribution in [0, 0.1) is 0 Å². The SMILES string of the molecule is O=C(O)[CH2][Ru][PH2]. The zero-order chi connectivity index (χ0) is 4.99. The Kier molecular flexibility index (Phi) is 4.03. The summed E-state index contributed by atoms with van der Waals surface area (Å²) in [6, 6.07) is 0. The second kappa shape index (κ2) is 3.70. The number of rotatable bonds is 2. The summed E-state index contributed by atoms with van der Waals surface area (Å²) in [6.07, 6.45) is 0. The molecule has 0 aliphatic carbocycles. The van der Waals surface area contributed by atoms with Gasteiger partial charge in [0.1, 0.15) is 0 Å². The van der Waals surface area contributed by atoms with Gasteiger partial charge in [-0.25, -0.2) is 0 Å². The number of carboxylic acid groups (broad SMARTS) is 1. The molecule has 0 heterocycles. The van der Waals surface area contributed by atoms with Gasteiger partial charge in [0.05, 0.1) is 0 Å². The van der Waals surface area contributed by atoms with E-state index in [2.05, 4.69) is 7.57 Å². The Morgan fingerprint density at radius 2 is 2.50 bits per heavy atom. The zero-order valence-electron chi connectivity index (χ0n) is 2.99. The molecule has 0 amide bonds. The van der Waals surface area contributed by atoms with Crippen LogP contribution in [0.25, 0.3) is 0 Å². The van der Waals surface area contributed by atoms with Crippen LogP contribution in [-0.4, -0.2) is 11.1 Å². The molecule has 0 spiro atoms. The molecule has 0 saturated heterocycles. The predicted octanol–water partition coefficient (Wildman–Crippen LogP) is 0.362. The Morgan fingerprint density at radius 1 is 2.00 bits per heavy atom. The molecule has 2 nitrogen and oxygen atoms in total. The topological polar surface area (TPSA) is 37.3 Å². The van der Waals surface area contributed by atoms with Gasteiger partial charge in [-0.3, -0.25) is 0 Å². The van der Waals surface area contributed by atoms with Crippen molar-refractivity contribution in [2.75, 3.05) is 0 Å². The van der Waals surface area contributed by atoms with E-state index < -0.39 is 5.97 Å². The molecule has 0 aliphatic heterocycles. The number of aliphatic carboxylic acids is 1. The van der Waals surface area contributed by atoms with Gasteiger partial charge in [0.15, 0.2) is 0 Å². The van der Waals surface area contributed by atoms with E-state index in [1.54, 1.807) is 0 Å². The molecule has 0 aromatic carbocycles. The average Bonchev–Trinajstić information content (AvgIpc) is 1.35. The Bertz CT molecular complexity index is 55.5. The second-order valence-electron chi connectivity index (χ2n) is 0.663. The third-order valence-corrected chi connectivity index (χ3v) is 1.91. The van der Waals surface area contributed by atoms with E-state index in [9.17, 15) is 4.79 Å². The Hall–Kier alpha value is 0.523. The summed E-state index contributed by atoms with van der Waals surface area (Å²) in [6.45, 7) is 0. The molecule has 0 aliphatic rings. The molecule has 38 valence electrons. The minimum absolute atomic E-state index is 0.0231. The third kappa shape index (κ3) is 4.52. The summed E-state index contributed by atoms with van der Waals surface area (Å²) in [5, 5.41) is 8.27. The second-order valence-corrected chi connectivity index (χ2v) is 3.69. The summed E-state index contributed by atoms with van der Waals surface area (Å²) in [4.78, 5) is 9.61. The first-order chi connectivity index (χ1) is 2.77. The number of hydrogen-bond donors (Lipinski definition) is 1. The van der Waals surface area contributed by atoms with Crippen molar-refractivity contribution in [1.29, 1.82) is 0 Å². The van der Waals surface area contributed by atoms with E-state index in [0.717, 1.165) is 0 Å². The molecule has 0 radical (unpaired) electrons. The molecular formula is C2H5O2PRu. The number of carbonyl (C=O) groups is 1. The van der Waals surface area contributed by atoms with Gasteiger partial charge < -0.3 is 0 Å². The van der Waals surface area contributed by atoms with E-state index in [4.69, 9.17) is 5.11 Å². The molecule has 0 rings (SSSR count). The van der Waals surface area contributed by atoms with Crippen molar-refractivity contribution < 1.29 is 26.5 Å². The molecule has 1 atom stereocenters. The normalized spacial score (nSPS) is 8.83. The summed E-state index contributed by atoms with van der Waals surface area (Å²) < 4.78 is 0. The first-order valence-corrected chi connectivity index (χ1v) is 5.88.